The number of benzene rings is 1. The summed E-state index contributed by atoms with van der Waals surface area (Å²) < 4.78 is 10.8. The van der Waals surface area contributed by atoms with Gasteiger partial charge in [-0.2, -0.15) is 0 Å². The molecule has 0 atom stereocenters. The molecule has 2 nitrogen and oxygen atoms in total. The van der Waals surface area contributed by atoms with Gasteiger partial charge >= 0.3 is 0 Å². The van der Waals surface area contributed by atoms with Gasteiger partial charge in [0.25, 0.3) is 0 Å². The van der Waals surface area contributed by atoms with Crippen molar-refractivity contribution in [2.24, 2.45) is 0 Å². The second kappa shape index (κ2) is 7.42. The second-order valence-electron chi connectivity index (χ2n) is 7.82. The summed E-state index contributed by atoms with van der Waals surface area (Å²) in [6, 6.07) is 6.91. The summed E-state index contributed by atoms with van der Waals surface area (Å²) in [6.07, 6.45) is 0.946. The zero-order valence-corrected chi connectivity index (χ0v) is 14.9. The molecule has 1 aromatic rings. The molecule has 1 aromatic carbocycles. The number of hydrogen-bond donors (Lipinski definition) is 0. The van der Waals surface area contributed by atoms with E-state index in [0.717, 1.165) is 19.6 Å². The highest BCUT2D eigenvalue weighted by Gasteiger charge is 2.20. The summed E-state index contributed by atoms with van der Waals surface area (Å²) in [5.41, 5.74) is 4.35. The van der Waals surface area contributed by atoms with Crippen molar-refractivity contribution in [1.82, 2.24) is 0 Å². The molecule has 0 spiro atoms. The van der Waals surface area contributed by atoms with Gasteiger partial charge in [-0.05, 0) is 33.9 Å². The molecule has 120 valence electrons. The molecule has 0 saturated heterocycles. The van der Waals surface area contributed by atoms with E-state index in [-0.39, 0.29) is 10.8 Å². The molecule has 0 aliphatic heterocycles. The van der Waals surface area contributed by atoms with E-state index < -0.39 is 0 Å². The van der Waals surface area contributed by atoms with Gasteiger partial charge in [0.05, 0.1) is 6.61 Å². The summed E-state index contributed by atoms with van der Waals surface area (Å²) >= 11 is 0. The minimum atomic E-state index is 0.159. The predicted molar refractivity (Wildman–Crippen MR) is 90.0 cm³/mol. The van der Waals surface area contributed by atoms with Crippen molar-refractivity contribution in [1.29, 1.82) is 0 Å². The maximum absolute atomic E-state index is 5.78. The maximum Gasteiger partial charge on any atom is 0.0717 e. The van der Waals surface area contributed by atoms with Crippen LogP contribution in [0.1, 0.15) is 64.7 Å². The van der Waals surface area contributed by atoms with Crippen LogP contribution < -0.4 is 0 Å². The third-order valence-electron chi connectivity index (χ3n) is 3.63. The molecule has 0 amide bonds. The Labute approximate surface area is 130 Å². The van der Waals surface area contributed by atoms with Gasteiger partial charge in [-0.3, -0.25) is 0 Å². The van der Waals surface area contributed by atoms with Crippen LogP contribution in [0.2, 0.25) is 0 Å². The zero-order chi connectivity index (χ0) is 16.1. The molecule has 0 aliphatic carbocycles. The van der Waals surface area contributed by atoms with Crippen LogP contribution in [0.4, 0.5) is 0 Å². The highest BCUT2D eigenvalue weighted by atomic mass is 16.5. The Balaban J connectivity index is 2.88. The van der Waals surface area contributed by atoms with Crippen LogP contribution in [0.15, 0.2) is 18.2 Å². The van der Waals surface area contributed by atoms with Crippen molar-refractivity contribution in [3.63, 3.8) is 0 Å². The standard InChI is InChI=1S/C19H32O2/c1-18(2,3)16-11-15(14-21-10-8-9-20-7)12-17(13-16)19(4,5)6/h11-13H,8-10,14H2,1-7H3. The van der Waals surface area contributed by atoms with E-state index in [1.165, 1.54) is 16.7 Å². The molecule has 1 rings (SSSR count). The fourth-order valence-electron chi connectivity index (χ4n) is 2.14. The number of methoxy groups -OCH3 is 1. The Morgan fingerprint density at radius 3 is 1.76 bits per heavy atom. The largest absolute Gasteiger partial charge is 0.385 e. The lowest BCUT2D eigenvalue weighted by Gasteiger charge is -2.26. The number of rotatable bonds is 6. The predicted octanol–water partition coefficient (Wildman–Crippen LogP) is 4.83. The summed E-state index contributed by atoms with van der Waals surface area (Å²) in [6.45, 7) is 15.8. The van der Waals surface area contributed by atoms with E-state index >= 15 is 0 Å². The van der Waals surface area contributed by atoms with Crippen LogP contribution in [0.5, 0.6) is 0 Å². The van der Waals surface area contributed by atoms with Crippen molar-refractivity contribution >= 4 is 0 Å². The van der Waals surface area contributed by atoms with Gasteiger partial charge in [0.2, 0.25) is 0 Å². The first-order valence-corrected chi connectivity index (χ1v) is 7.86. The molecule has 0 unspecified atom stereocenters. The summed E-state index contributed by atoms with van der Waals surface area (Å²) in [7, 11) is 1.72. The monoisotopic (exact) mass is 292 g/mol. The Morgan fingerprint density at radius 1 is 0.810 bits per heavy atom. The molecule has 0 fully saturated rings. The first-order valence-electron chi connectivity index (χ1n) is 7.86. The van der Waals surface area contributed by atoms with Crippen LogP contribution >= 0.6 is 0 Å². The summed E-state index contributed by atoms with van der Waals surface area (Å²) in [5, 5.41) is 0. The van der Waals surface area contributed by atoms with Gasteiger partial charge < -0.3 is 9.47 Å². The topological polar surface area (TPSA) is 18.5 Å². The molecular formula is C19H32O2. The van der Waals surface area contributed by atoms with Crippen LogP contribution in [-0.4, -0.2) is 20.3 Å². The lowest BCUT2D eigenvalue weighted by atomic mass is 9.79. The molecule has 0 N–H and O–H groups in total. The van der Waals surface area contributed by atoms with Gasteiger partial charge in [-0.1, -0.05) is 59.7 Å². The Morgan fingerprint density at radius 2 is 1.33 bits per heavy atom. The average Bonchev–Trinajstić information content (AvgIpc) is 2.36. The van der Waals surface area contributed by atoms with Gasteiger partial charge in [0.15, 0.2) is 0 Å². The van der Waals surface area contributed by atoms with E-state index in [2.05, 4.69) is 59.7 Å². The normalized spacial score (nSPS) is 12.7. The first-order chi connectivity index (χ1) is 9.64. The fraction of sp³-hybridized carbons (Fsp3) is 0.684. The van der Waals surface area contributed by atoms with Gasteiger partial charge in [0.1, 0.15) is 0 Å². The molecule has 0 bridgehead atoms. The third kappa shape index (κ3) is 6.19. The lowest BCUT2D eigenvalue weighted by Crippen LogP contribution is -2.17. The zero-order valence-electron chi connectivity index (χ0n) is 14.9. The molecule has 0 aliphatic rings. The summed E-state index contributed by atoms with van der Waals surface area (Å²) in [5.74, 6) is 0. The van der Waals surface area contributed by atoms with E-state index in [1.54, 1.807) is 7.11 Å². The molecule has 0 heterocycles. The lowest BCUT2D eigenvalue weighted by molar-refractivity contribution is 0.0927. The van der Waals surface area contributed by atoms with Crippen molar-refractivity contribution < 1.29 is 9.47 Å². The quantitative estimate of drug-likeness (QED) is 0.699. The molecule has 0 radical (unpaired) electrons. The van der Waals surface area contributed by atoms with E-state index in [0.29, 0.717) is 6.61 Å². The van der Waals surface area contributed by atoms with Crippen molar-refractivity contribution in [3.05, 3.63) is 34.9 Å². The number of ether oxygens (including phenoxy) is 2. The smallest absolute Gasteiger partial charge is 0.0717 e. The van der Waals surface area contributed by atoms with Crippen molar-refractivity contribution in [2.45, 2.75) is 65.4 Å². The molecule has 0 saturated carbocycles. The Bertz CT molecular complexity index is 404. The van der Waals surface area contributed by atoms with Gasteiger partial charge in [-0.15, -0.1) is 0 Å². The van der Waals surface area contributed by atoms with Crippen LogP contribution in [-0.2, 0) is 26.9 Å². The van der Waals surface area contributed by atoms with Gasteiger partial charge in [0, 0.05) is 20.3 Å². The molecular weight excluding hydrogens is 260 g/mol. The van der Waals surface area contributed by atoms with Crippen LogP contribution in [0, 0.1) is 0 Å². The van der Waals surface area contributed by atoms with Crippen molar-refractivity contribution in [2.75, 3.05) is 20.3 Å². The third-order valence-corrected chi connectivity index (χ3v) is 3.63. The SMILES string of the molecule is COCCCOCc1cc(C(C)(C)C)cc(C(C)(C)C)c1. The van der Waals surface area contributed by atoms with E-state index in [1.807, 2.05) is 0 Å². The van der Waals surface area contributed by atoms with E-state index in [4.69, 9.17) is 9.47 Å². The first kappa shape index (κ1) is 18.2. The second-order valence-corrected chi connectivity index (χ2v) is 7.82. The molecule has 2 heteroatoms. The summed E-state index contributed by atoms with van der Waals surface area (Å²) in [4.78, 5) is 0. The van der Waals surface area contributed by atoms with E-state index in [9.17, 15) is 0 Å². The van der Waals surface area contributed by atoms with Gasteiger partial charge in [-0.25, -0.2) is 0 Å². The molecule has 21 heavy (non-hydrogen) atoms. The fourth-order valence-corrected chi connectivity index (χ4v) is 2.14. The van der Waals surface area contributed by atoms with Crippen LogP contribution in [0.3, 0.4) is 0 Å². The highest BCUT2D eigenvalue weighted by molar-refractivity contribution is 5.37. The molecule has 0 aromatic heterocycles. The Kier molecular flexibility index (Phi) is 6.42. The minimum Gasteiger partial charge on any atom is -0.385 e. The Hall–Kier alpha value is -0.860. The van der Waals surface area contributed by atoms with Crippen LogP contribution in [0.25, 0.3) is 0 Å². The maximum atomic E-state index is 5.78. The number of hydrogen-bond acceptors (Lipinski definition) is 2. The van der Waals surface area contributed by atoms with Crippen molar-refractivity contribution in [3.8, 4) is 0 Å². The minimum absolute atomic E-state index is 0.159. The average molecular weight is 292 g/mol. The highest BCUT2D eigenvalue weighted by Crippen LogP contribution is 2.30.